The number of aryl methyl sites for hydroxylation is 1. The maximum Gasteiger partial charge on any atom is 0.235 e. The molecule has 0 amide bonds. The average molecular weight is 249 g/mol. The third kappa shape index (κ3) is 1.93. The van der Waals surface area contributed by atoms with Gasteiger partial charge in [-0.1, -0.05) is 18.9 Å². The summed E-state index contributed by atoms with van der Waals surface area (Å²) in [6.07, 6.45) is 4.80. The van der Waals surface area contributed by atoms with Gasteiger partial charge in [0.15, 0.2) is 0 Å². The molecule has 0 heterocycles. The second kappa shape index (κ2) is 4.91. The fourth-order valence-corrected chi connectivity index (χ4v) is 2.73. The summed E-state index contributed by atoms with van der Waals surface area (Å²) in [7, 11) is 1.50. The van der Waals surface area contributed by atoms with Gasteiger partial charge in [0.25, 0.3) is 0 Å². The molecule has 0 aliphatic heterocycles. The van der Waals surface area contributed by atoms with E-state index in [9.17, 15) is 9.18 Å². The Bertz CT molecular complexity index is 501. The zero-order chi connectivity index (χ0) is 13.2. The Kier molecular flexibility index (Phi) is 3.48. The van der Waals surface area contributed by atoms with Crippen molar-refractivity contribution in [1.29, 1.82) is 0 Å². The van der Waals surface area contributed by atoms with Gasteiger partial charge in [0.05, 0.1) is 12.7 Å². The number of methoxy groups -OCH3 is 1. The zero-order valence-corrected chi connectivity index (χ0v) is 10.6. The van der Waals surface area contributed by atoms with Crippen molar-refractivity contribution in [3.05, 3.63) is 29.1 Å². The lowest BCUT2D eigenvalue weighted by Crippen LogP contribution is -2.22. The summed E-state index contributed by atoms with van der Waals surface area (Å²) in [5, 5.41) is 0. The second-order valence-electron chi connectivity index (χ2n) is 4.72. The molecule has 3 nitrogen and oxygen atoms in total. The molecular formula is C14H16FNO2. The number of ether oxygens (including phenoxy) is 1. The Morgan fingerprint density at radius 2 is 2.06 bits per heavy atom. The van der Waals surface area contributed by atoms with Crippen LogP contribution >= 0.6 is 0 Å². The van der Waals surface area contributed by atoms with Crippen molar-refractivity contribution < 1.29 is 13.9 Å². The predicted molar refractivity (Wildman–Crippen MR) is 66.0 cm³/mol. The highest BCUT2D eigenvalue weighted by molar-refractivity contribution is 5.47. The molecule has 0 aromatic heterocycles. The summed E-state index contributed by atoms with van der Waals surface area (Å²) >= 11 is 0. The highest BCUT2D eigenvalue weighted by Gasteiger charge is 2.40. The lowest BCUT2D eigenvalue weighted by atomic mass is 9.86. The number of carbonyl (C=O) groups excluding carboxylic acids is 1. The Hall–Kier alpha value is -1.67. The third-order valence-electron chi connectivity index (χ3n) is 3.67. The van der Waals surface area contributed by atoms with Gasteiger partial charge >= 0.3 is 0 Å². The van der Waals surface area contributed by atoms with Crippen molar-refractivity contribution >= 4 is 6.08 Å². The highest BCUT2D eigenvalue weighted by atomic mass is 19.1. The summed E-state index contributed by atoms with van der Waals surface area (Å²) in [4.78, 5) is 14.6. The maximum atomic E-state index is 14.4. The molecule has 1 aliphatic carbocycles. The average Bonchev–Trinajstić information content (AvgIpc) is 2.82. The van der Waals surface area contributed by atoms with Crippen LogP contribution in [-0.4, -0.2) is 13.2 Å². The molecule has 0 saturated heterocycles. The molecular weight excluding hydrogens is 233 g/mol. The van der Waals surface area contributed by atoms with Crippen LogP contribution in [0.4, 0.5) is 4.39 Å². The molecule has 0 spiro atoms. The largest absolute Gasteiger partial charge is 0.496 e. The van der Waals surface area contributed by atoms with Crippen molar-refractivity contribution in [3.8, 4) is 5.75 Å². The Labute approximate surface area is 106 Å². The molecule has 18 heavy (non-hydrogen) atoms. The monoisotopic (exact) mass is 249 g/mol. The third-order valence-corrected chi connectivity index (χ3v) is 3.67. The van der Waals surface area contributed by atoms with E-state index in [-0.39, 0.29) is 5.82 Å². The van der Waals surface area contributed by atoms with E-state index in [1.54, 1.807) is 25.1 Å². The number of hydrogen-bond donors (Lipinski definition) is 0. The predicted octanol–water partition coefficient (Wildman–Crippen LogP) is 3.25. The first-order chi connectivity index (χ1) is 8.64. The molecule has 2 rings (SSSR count). The lowest BCUT2D eigenvalue weighted by Gasteiger charge is -2.26. The Morgan fingerprint density at radius 3 is 2.61 bits per heavy atom. The van der Waals surface area contributed by atoms with Gasteiger partial charge in [0.2, 0.25) is 6.08 Å². The van der Waals surface area contributed by atoms with Crippen LogP contribution in [0.5, 0.6) is 5.75 Å². The molecule has 0 radical (unpaired) electrons. The van der Waals surface area contributed by atoms with Crippen LogP contribution in [-0.2, 0) is 10.3 Å². The molecule has 4 heteroatoms. The van der Waals surface area contributed by atoms with Gasteiger partial charge in [0.1, 0.15) is 17.1 Å². The molecule has 1 aromatic rings. The van der Waals surface area contributed by atoms with Gasteiger partial charge in [-0.3, -0.25) is 0 Å². The minimum Gasteiger partial charge on any atom is -0.496 e. The van der Waals surface area contributed by atoms with E-state index in [2.05, 4.69) is 4.99 Å². The van der Waals surface area contributed by atoms with Gasteiger partial charge in [-0.2, -0.15) is 4.99 Å². The molecule has 1 saturated carbocycles. The van der Waals surface area contributed by atoms with E-state index in [1.807, 2.05) is 0 Å². The maximum absolute atomic E-state index is 14.4. The topological polar surface area (TPSA) is 38.7 Å². The Morgan fingerprint density at radius 1 is 1.39 bits per heavy atom. The van der Waals surface area contributed by atoms with Crippen LogP contribution in [0, 0.1) is 12.7 Å². The van der Waals surface area contributed by atoms with Gasteiger partial charge < -0.3 is 4.74 Å². The molecule has 1 aliphatic rings. The summed E-state index contributed by atoms with van der Waals surface area (Å²) in [6.45, 7) is 1.70. The Balaban J connectivity index is 2.67. The summed E-state index contributed by atoms with van der Waals surface area (Å²) in [6, 6.07) is 3.40. The van der Waals surface area contributed by atoms with E-state index >= 15 is 0 Å². The van der Waals surface area contributed by atoms with Gasteiger partial charge in [0, 0.05) is 0 Å². The van der Waals surface area contributed by atoms with Crippen LogP contribution < -0.4 is 4.74 Å². The minimum absolute atomic E-state index is 0.324. The van der Waals surface area contributed by atoms with Crippen molar-refractivity contribution in [1.82, 2.24) is 0 Å². The quantitative estimate of drug-likeness (QED) is 0.609. The summed E-state index contributed by atoms with van der Waals surface area (Å²) in [5.41, 5.74) is 0.160. The van der Waals surface area contributed by atoms with Crippen LogP contribution in [0.15, 0.2) is 17.1 Å². The SMILES string of the molecule is COc1ccc(C)c(F)c1C1(N=C=O)CCCC1. The smallest absolute Gasteiger partial charge is 0.235 e. The fourth-order valence-electron chi connectivity index (χ4n) is 2.73. The summed E-state index contributed by atoms with van der Waals surface area (Å²) < 4.78 is 19.6. The number of benzene rings is 1. The van der Waals surface area contributed by atoms with Crippen LogP contribution in [0.1, 0.15) is 36.8 Å². The molecule has 0 unspecified atom stereocenters. The fraction of sp³-hybridized carbons (Fsp3) is 0.500. The van der Waals surface area contributed by atoms with Crippen molar-refractivity contribution in [3.63, 3.8) is 0 Å². The van der Waals surface area contributed by atoms with Gasteiger partial charge in [-0.25, -0.2) is 9.18 Å². The van der Waals surface area contributed by atoms with E-state index in [0.717, 1.165) is 12.8 Å². The first kappa shape index (κ1) is 12.8. The minimum atomic E-state index is -0.788. The van der Waals surface area contributed by atoms with Gasteiger partial charge in [-0.15, -0.1) is 0 Å². The molecule has 1 fully saturated rings. The van der Waals surface area contributed by atoms with Crippen molar-refractivity contribution in [2.45, 2.75) is 38.1 Å². The zero-order valence-electron chi connectivity index (χ0n) is 10.6. The number of hydrogen-bond acceptors (Lipinski definition) is 3. The summed E-state index contributed by atoms with van der Waals surface area (Å²) in [5.74, 6) is 0.134. The standard InChI is InChI=1S/C14H16FNO2/c1-10-5-6-11(18-2)12(13(10)15)14(16-9-17)7-3-4-8-14/h5-6H,3-4,7-8H2,1-2H3. The van der Waals surface area contributed by atoms with Crippen LogP contribution in [0.3, 0.4) is 0 Å². The molecule has 1 aromatic carbocycles. The van der Waals surface area contributed by atoms with Crippen LogP contribution in [0.2, 0.25) is 0 Å². The van der Waals surface area contributed by atoms with E-state index in [1.165, 1.54) is 7.11 Å². The number of aliphatic imine (C=N–C) groups is 1. The molecule has 0 N–H and O–H groups in total. The first-order valence-corrected chi connectivity index (χ1v) is 6.07. The second-order valence-corrected chi connectivity index (χ2v) is 4.72. The highest BCUT2D eigenvalue weighted by Crippen LogP contribution is 2.47. The van der Waals surface area contributed by atoms with Gasteiger partial charge in [-0.05, 0) is 31.4 Å². The number of isocyanates is 1. The molecule has 0 atom stereocenters. The molecule has 0 bridgehead atoms. The van der Waals surface area contributed by atoms with E-state index in [0.29, 0.717) is 29.7 Å². The molecule has 96 valence electrons. The number of rotatable bonds is 3. The lowest BCUT2D eigenvalue weighted by molar-refractivity contribution is 0.365. The van der Waals surface area contributed by atoms with Crippen LogP contribution in [0.25, 0.3) is 0 Å². The van der Waals surface area contributed by atoms with E-state index in [4.69, 9.17) is 4.74 Å². The normalized spacial score (nSPS) is 17.3. The first-order valence-electron chi connectivity index (χ1n) is 6.07. The van der Waals surface area contributed by atoms with Crippen molar-refractivity contribution in [2.24, 2.45) is 4.99 Å². The van der Waals surface area contributed by atoms with Crippen molar-refractivity contribution in [2.75, 3.05) is 7.11 Å². The van der Waals surface area contributed by atoms with E-state index < -0.39 is 5.54 Å². The number of nitrogens with zero attached hydrogens (tertiary/aromatic N) is 1. The number of halogens is 1.